The van der Waals surface area contributed by atoms with E-state index in [1.165, 1.54) is 106 Å². The van der Waals surface area contributed by atoms with Gasteiger partial charge < -0.3 is 30.5 Å². The first kappa shape index (κ1) is 46.4. The molecule has 5 rings (SSSR count). The van der Waals surface area contributed by atoms with E-state index in [9.17, 15) is 24.3 Å². The van der Waals surface area contributed by atoms with Crippen LogP contribution in [0.1, 0.15) is 134 Å². The van der Waals surface area contributed by atoms with Gasteiger partial charge in [-0.2, -0.15) is 4.57 Å². The van der Waals surface area contributed by atoms with E-state index in [1.54, 1.807) is 5.38 Å². The van der Waals surface area contributed by atoms with E-state index in [-0.39, 0.29) is 28.2 Å². The number of esters is 1. The minimum absolute atomic E-state index is 0.0415. The summed E-state index contributed by atoms with van der Waals surface area (Å²) in [6, 6.07) is 3.16. The molecular formula is C43H62N6O7S2. The second kappa shape index (κ2) is 25.3. The van der Waals surface area contributed by atoms with Crippen molar-refractivity contribution in [3.8, 4) is 0 Å². The molecule has 58 heavy (non-hydrogen) atoms. The number of nitrogen functional groups attached to an aromatic ring is 1. The van der Waals surface area contributed by atoms with Gasteiger partial charge in [0.15, 0.2) is 29.3 Å². The van der Waals surface area contributed by atoms with Crippen LogP contribution in [0.4, 0.5) is 5.13 Å². The number of thioether (sulfide) groups is 1. The number of amides is 2. The van der Waals surface area contributed by atoms with Crippen molar-refractivity contribution in [1.29, 1.82) is 0 Å². The normalized spacial score (nSPS) is 17.5. The number of oxime groups is 1. The van der Waals surface area contributed by atoms with E-state index in [4.69, 9.17) is 15.3 Å². The number of allylic oxidation sites excluding steroid dienone is 2. The van der Waals surface area contributed by atoms with E-state index >= 15 is 0 Å². The number of nitrogens with two attached hydrogens (primary N) is 1. The van der Waals surface area contributed by atoms with Crippen molar-refractivity contribution in [2.24, 2.45) is 5.16 Å². The van der Waals surface area contributed by atoms with Gasteiger partial charge in [0.25, 0.3) is 11.8 Å². The maximum absolute atomic E-state index is 13.1. The highest BCUT2D eigenvalue weighted by Crippen LogP contribution is 2.40. The Morgan fingerprint density at radius 1 is 1.03 bits per heavy atom. The first-order chi connectivity index (χ1) is 28.2. The first-order valence-electron chi connectivity index (χ1n) is 21.0. The maximum Gasteiger partial charge on any atom is 0.305 e. The molecule has 1 fully saturated rings. The van der Waals surface area contributed by atoms with Crippen LogP contribution in [0.15, 0.2) is 52.3 Å². The summed E-state index contributed by atoms with van der Waals surface area (Å²) in [4.78, 5) is 59.3. The Kier molecular flexibility index (Phi) is 20.3. The molecule has 0 aromatic carbocycles. The number of aryl methyl sites for hydroxylation is 1. The summed E-state index contributed by atoms with van der Waals surface area (Å²) in [6.07, 6.45) is 28.1. The molecule has 15 heteroatoms. The summed E-state index contributed by atoms with van der Waals surface area (Å²) in [7, 11) is 1.29. The molecule has 2 atom stereocenters. The number of aliphatic carboxylic acids is 1. The average Bonchev–Trinajstić information content (AvgIpc) is 3.66. The number of carbonyl (C=O) groups excluding carboxylic acids is 4. The van der Waals surface area contributed by atoms with Crippen molar-refractivity contribution in [2.45, 2.75) is 147 Å². The van der Waals surface area contributed by atoms with Crippen molar-refractivity contribution in [3.63, 3.8) is 0 Å². The number of fused-ring (bicyclic) bond motifs is 2. The molecular weight excluding hydrogens is 777 g/mol. The SMILES string of the molecule is CCCCCCCC/C=C\CCCCCCCC(=O)OCC.CO/N=C(/C(=O)N[C@@H]1C(=O)N2C(C(=O)[O-])=C(C[n+]3cccc4c3CCCC4)CS[C@H]12)c1csc(N)n1. The van der Waals surface area contributed by atoms with Crippen molar-refractivity contribution in [3.05, 3.63) is 64.1 Å². The van der Waals surface area contributed by atoms with Crippen molar-refractivity contribution in [1.82, 2.24) is 15.2 Å². The Morgan fingerprint density at radius 3 is 2.38 bits per heavy atom. The highest BCUT2D eigenvalue weighted by Gasteiger charge is 2.53. The predicted molar refractivity (Wildman–Crippen MR) is 226 cm³/mol. The smallest absolute Gasteiger partial charge is 0.305 e. The van der Waals surface area contributed by atoms with E-state index < -0.39 is 29.2 Å². The Morgan fingerprint density at radius 2 is 1.72 bits per heavy atom. The molecule has 0 saturated carbocycles. The van der Waals surface area contributed by atoms with Crippen LogP contribution in [0.2, 0.25) is 0 Å². The molecule has 0 radical (unpaired) electrons. The lowest BCUT2D eigenvalue weighted by Crippen LogP contribution is -2.71. The summed E-state index contributed by atoms with van der Waals surface area (Å²) in [5, 5.41) is 19.8. The molecule has 13 nitrogen and oxygen atoms in total. The number of unbranched alkanes of at least 4 members (excludes halogenated alkanes) is 11. The number of carbonyl (C=O) groups is 4. The van der Waals surface area contributed by atoms with Gasteiger partial charge in [-0.05, 0) is 64.4 Å². The second-order valence-electron chi connectivity index (χ2n) is 14.7. The number of nitrogens with one attached hydrogen (secondary N) is 1. The number of carboxylic acid groups (broad SMARTS) is 1. The topological polar surface area (TPSA) is 180 Å². The molecule has 1 saturated heterocycles. The monoisotopic (exact) mass is 838 g/mol. The Bertz CT molecular complexity index is 1760. The van der Waals surface area contributed by atoms with Crippen molar-refractivity contribution >= 4 is 57.7 Å². The van der Waals surface area contributed by atoms with E-state index in [0.29, 0.717) is 30.9 Å². The number of rotatable bonds is 23. The lowest BCUT2D eigenvalue weighted by Gasteiger charge is -2.50. The molecule has 2 aromatic rings. The van der Waals surface area contributed by atoms with E-state index in [0.717, 1.165) is 49.9 Å². The van der Waals surface area contributed by atoms with Gasteiger partial charge in [0.1, 0.15) is 24.2 Å². The Balaban J connectivity index is 0.000000293. The third kappa shape index (κ3) is 14.0. The summed E-state index contributed by atoms with van der Waals surface area (Å²) in [5.41, 5.74) is 8.72. The summed E-state index contributed by atoms with van der Waals surface area (Å²) in [5.74, 6) is -2.25. The van der Waals surface area contributed by atoms with Gasteiger partial charge in [-0.25, -0.2) is 4.98 Å². The van der Waals surface area contributed by atoms with Gasteiger partial charge in [0.2, 0.25) is 0 Å². The molecule has 318 valence electrons. The van der Waals surface area contributed by atoms with Gasteiger partial charge in [-0.1, -0.05) is 75.6 Å². The number of pyridine rings is 1. The van der Waals surface area contributed by atoms with E-state index in [2.05, 4.69) is 45.2 Å². The van der Waals surface area contributed by atoms with E-state index in [1.807, 2.05) is 19.2 Å². The molecule has 1 aliphatic carbocycles. The number of nitrogens with zero attached hydrogens (tertiary/aromatic N) is 4. The fraction of sp³-hybridized carbons (Fsp3) is 0.605. The summed E-state index contributed by atoms with van der Waals surface area (Å²) >= 11 is 2.54. The van der Waals surface area contributed by atoms with Crippen LogP contribution in [0, 0.1) is 0 Å². The summed E-state index contributed by atoms with van der Waals surface area (Å²) < 4.78 is 6.99. The largest absolute Gasteiger partial charge is 0.543 e. The first-order valence-corrected chi connectivity index (χ1v) is 22.9. The van der Waals surface area contributed by atoms with Crippen LogP contribution in [0.25, 0.3) is 0 Å². The van der Waals surface area contributed by atoms with Gasteiger partial charge in [0.05, 0.1) is 18.3 Å². The minimum atomic E-state index is -1.40. The lowest BCUT2D eigenvalue weighted by molar-refractivity contribution is -0.697. The number of anilines is 1. The Labute approximate surface area is 351 Å². The highest BCUT2D eigenvalue weighted by atomic mass is 32.2. The number of hydrogen-bond acceptors (Lipinski definition) is 12. The van der Waals surface area contributed by atoms with Gasteiger partial charge in [-0.3, -0.25) is 19.3 Å². The molecule has 3 N–H and O–H groups in total. The number of ether oxygens (including phenoxy) is 1. The zero-order valence-corrected chi connectivity index (χ0v) is 36.1. The molecule has 0 unspecified atom stereocenters. The number of aromatic nitrogens is 2. The average molecular weight is 839 g/mol. The minimum Gasteiger partial charge on any atom is -0.543 e. The third-order valence-corrected chi connectivity index (χ3v) is 12.4. The maximum atomic E-state index is 13.1. The second-order valence-corrected chi connectivity index (χ2v) is 16.7. The van der Waals surface area contributed by atoms with Crippen LogP contribution in [0.3, 0.4) is 0 Å². The zero-order chi connectivity index (χ0) is 41.7. The molecule has 0 spiro atoms. The van der Waals surface area contributed by atoms with Crippen LogP contribution in [-0.2, 0) is 48.1 Å². The summed E-state index contributed by atoms with van der Waals surface area (Å²) in [6.45, 7) is 4.99. The quantitative estimate of drug-likeness (QED) is 0.0259. The third-order valence-electron chi connectivity index (χ3n) is 10.4. The molecule has 2 aromatic heterocycles. The number of hydrogen-bond donors (Lipinski definition) is 2. The van der Waals surface area contributed by atoms with Crippen LogP contribution >= 0.6 is 23.1 Å². The molecule has 2 aliphatic heterocycles. The number of β-lactam (4-membered cyclic amide) rings is 1. The Hall–Kier alpha value is -4.24. The molecule has 3 aliphatic rings. The predicted octanol–water partition coefficient (Wildman–Crippen LogP) is 5.93. The molecule has 0 bridgehead atoms. The van der Waals surface area contributed by atoms with Crippen molar-refractivity contribution in [2.75, 3.05) is 25.2 Å². The van der Waals surface area contributed by atoms with Gasteiger partial charge in [0, 0.05) is 41.2 Å². The zero-order valence-electron chi connectivity index (χ0n) is 34.5. The standard InChI is InChI=1S/C23H24N6O5S2.C20H38O2/c1-34-27-16(14-11-36-23(24)25-14)19(30)26-17-20(31)29-18(22(32)33)13(10-35-21(17)29)9-28-8-4-6-12-5-2-3-7-15(12)28;1-3-5-6-7-8-9-10-11-12-13-14-15-16-17-18-19-20(21)22-4-2/h4,6,8,11,17,21H,2-3,5,7,9-10H2,1H3,(H3-,24,25,26,30,32,33);11-12H,3-10,13-19H2,1-2H3/b27-16+;12-11-/t17-,21-;/m1./s1. The van der Waals surface area contributed by atoms with Gasteiger partial charge >= 0.3 is 5.97 Å². The number of carboxylic acids is 1. The fourth-order valence-corrected chi connectivity index (χ4v) is 9.28. The number of thiazole rings is 1. The van der Waals surface area contributed by atoms with Gasteiger partial charge in [-0.15, -0.1) is 23.1 Å². The van der Waals surface area contributed by atoms with Crippen LogP contribution in [0.5, 0.6) is 0 Å². The fourth-order valence-electron chi connectivity index (χ4n) is 7.40. The van der Waals surface area contributed by atoms with Crippen LogP contribution < -0.4 is 20.7 Å². The molecule has 4 heterocycles. The lowest BCUT2D eigenvalue weighted by atomic mass is 9.95. The highest BCUT2D eigenvalue weighted by molar-refractivity contribution is 8.00. The van der Waals surface area contributed by atoms with Crippen molar-refractivity contribution < 1.29 is 38.4 Å². The van der Waals surface area contributed by atoms with Crippen LogP contribution in [-0.4, -0.2) is 70.2 Å². The molecule has 2 amide bonds.